The van der Waals surface area contributed by atoms with Crippen LogP contribution in [0.3, 0.4) is 0 Å². The number of hydrogen-bond donors (Lipinski definition) is 1. The van der Waals surface area contributed by atoms with Crippen LogP contribution in [0.15, 0.2) is 0 Å². The van der Waals surface area contributed by atoms with E-state index in [-0.39, 0.29) is 6.42 Å². The molecule has 0 radical (unpaired) electrons. The second-order valence-electron chi connectivity index (χ2n) is 6.39. The lowest BCUT2D eigenvalue weighted by molar-refractivity contribution is -0.136. The highest BCUT2D eigenvalue weighted by Gasteiger charge is 2.30. The summed E-state index contributed by atoms with van der Waals surface area (Å²) in [4.78, 5) is 2.28. The summed E-state index contributed by atoms with van der Waals surface area (Å²) < 4.78 is 36.8. The van der Waals surface area contributed by atoms with Gasteiger partial charge < -0.3 is 5.32 Å². The minimum Gasteiger partial charge on any atom is -0.311 e. The van der Waals surface area contributed by atoms with Crippen molar-refractivity contribution in [3.8, 4) is 0 Å². The van der Waals surface area contributed by atoms with Crippen molar-refractivity contribution in [1.29, 1.82) is 0 Å². The van der Waals surface area contributed by atoms with Gasteiger partial charge in [0, 0.05) is 31.6 Å². The second kappa shape index (κ2) is 8.23. The van der Waals surface area contributed by atoms with E-state index < -0.39 is 12.6 Å². The number of nitrogens with zero attached hydrogens (tertiary/aromatic N) is 1. The van der Waals surface area contributed by atoms with E-state index >= 15 is 0 Å². The molecule has 1 saturated heterocycles. The zero-order chi connectivity index (χ0) is 15.2. The quantitative estimate of drug-likeness (QED) is 0.768. The van der Waals surface area contributed by atoms with Gasteiger partial charge in [0.1, 0.15) is 0 Å². The van der Waals surface area contributed by atoms with Crippen LogP contribution in [0.1, 0.15) is 52.9 Å². The first-order valence-electron chi connectivity index (χ1n) is 7.86. The molecule has 1 N–H and O–H groups in total. The summed E-state index contributed by atoms with van der Waals surface area (Å²) in [6.45, 7) is 8.88. The normalized spacial score (nSPS) is 25.4. The summed E-state index contributed by atoms with van der Waals surface area (Å²) in [5.74, 6) is 0.618. The number of alkyl halides is 3. The van der Waals surface area contributed by atoms with Crippen LogP contribution < -0.4 is 5.32 Å². The van der Waals surface area contributed by atoms with E-state index in [4.69, 9.17) is 0 Å². The summed E-state index contributed by atoms with van der Waals surface area (Å²) in [5, 5.41) is 3.56. The highest BCUT2D eigenvalue weighted by molar-refractivity contribution is 4.86. The predicted octanol–water partition coefficient (Wildman–Crippen LogP) is 3.82. The van der Waals surface area contributed by atoms with E-state index in [1.165, 1.54) is 0 Å². The summed E-state index contributed by atoms with van der Waals surface area (Å²) in [6, 6.07) is 0.825. The molecule has 1 fully saturated rings. The zero-order valence-electron chi connectivity index (χ0n) is 13.0. The van der Waals surface area contributed by atoms with Gasteiger partial charge in [0.25, 0.3) is 0 Å². The molecule has 2 nitrogen and oxygen atoms in total. The molecule has 0 saturated carbocycles. The van der Waals surface area contributed by atoms with Crippen molar-refractivity contribution in [2.75, 3.05) is 19.6 Å². The van der Waals surface area contributed by atoms with Gasteiger partial charge in [0.15, 0.2) is 0 Å². The smallest absolute Gasteiger partial charge is 0.311 e. The Kier molecular flexibility index (Phi) is 7.30. The van der Waals surface area contributed by atoms with Crippen molar-refractivity contribution < 1.29 is 13.2 Å². The molecule has 0 spiro atoms. The number of hydrogen-bond acceptors (Lipinski definition) is 2. The third kappa shape index (κ3) is 6.93. The SMILES string of the molecule is CCCC1CNC(CC(C)C)CN1CCCC(F)(F)F. The lowest BCUT2D eigenvalue weighted by Crippen LogP contribution is -2.56. The standard InChI is InChI=1S/C15H29F3N2/c1-4-6-14-10-19-13(9-12(2)3)11-20(14)8-5-7-15(16,17)18/h12-14,19H,4-11H2,1-3H3. The maximum Gasteiger partial charge on any atom is 0.389 e. The molecule has 0 aromatic heterocycles. The van der Waals surface area contributed by atoms with Crippen molar-refractivity contribution in [2.24, 2.45) is 5.92 Å². The number of halogens is 3. The minimum atomic E-state index is -4.02. The van der Waals surface area contributed by atoms with Gasteiger partial charge in [0.2, 0.25) is 0 Å². The zero-order valence-corrected chi connectivity index (χ0v) is 13.0. The molecule has 1 rings (SSSR count). The molecule has 0 bridgehead atoms. The van der Waals surface area contributed by atoms with E-state index in [0.29, 0.717) is 24.5 Å². The predicted molar refractivity (Wildman–Crippen MR) is 76.8 cm³/mol. The molecule has 1 heterocycles. The third-order valence-corrected chi connectivity index (χ3v) is 3.90. The number of rotatable bonds is 7. The summed E-state index contributed by atoms with van der Waals surface area (Å²) in [6.07, 6.45) is -1.23. The first-order valence-corrected chi connectivity index (χ1v) is 7.86. The van der Waals surface area contributed by atoms with Gasteiger partial charge in [-0.3, -0.25) is 4.90 Å². The van der Waals surface area contributed by atoms with Crippen LogP contribution in [-0.2, 0) is 0 Å². The van der Waals surface area contributed by atoms with E-state index in [0.717, 1.165) is 32.4 Å². The maximum atomic E-state index is 12.3. The monoisotopic (exact) mass is 294 g/mol. The van der Waals surface area contributed by atoms with Crippen LogP contribution >= 0.6 is 0 Å². The molecule has 0 aromatic rings. The van der Waals surface area contributed by atoms with Crippen LogP contribution in [0.4, 0.5) is 13.2 Å². The first-order chi connectivity index (χ1) is 9.31. The Morgan fingerprint density at radius 1 is 1.30 bits per heavy atom. The van der Waals surface area contributed by atoms with E-state index in [1.54, 1.807) is 0 Å². The fourth-order valence-corrected chi connectivity index (χ4v) is 3.03. The van der Waals surface area contributed by atoms with E-state index in [2.05, 4.69) is 31.0 Å². The van der Waals surface area contributed by atoms with E-state index in [9.17, 15) is 13.2 Å². The van der Waals surface area contributed by atoms with Crippen LogP contribution in [0.2, 0.25) is 0 Å². The van der Waals surface area contributed by atoms with E-state index in [1.807, 2.05) is 0 Å². The third-order valence-electron chi connectivity index (χ3n) is 3.90. The van der Waals surface area contributed by atoms with Crippen molar-refractivity contribution >= 4 is 0 Å². The van der Waals surface area contributed by atoms with Gasteiger partial charge in [0.05, 0.1) is 0 Å². The lowest BCUT2D eigenvalue weighted by Gasteiger charge is -2.41. The second-order valence-corrected chi connectivity index (χ2v) is 6.39. The van der Waals surface area contributed by atoms with Gasteiger partial charge in [-0.05, 0) is 31.7 Å². The summed E-state index contributed by atoms with van der Waals surface area (Å²) in [5.41, 5.74) is 0. The number of nitrogens with one attached hydrogen (secondary N) is 1. The summed E-state index contributed by atoms with van der Waals surface area (Å²) in [7, 11) is 0. The molecule has 1 aliphatic heterocycles. The molecule has 2 atom stereocenters. The Morgan fingerprint density at radius 2 is 2.00 bits per heavy atom. The molecule has 5 heteroatoms. The molecule has 0 aliphatic carbocycles. The lowest BCUT2D eigenvalue weighted by atomic mass is 9.98. The molecule has 0 aromatic carbocycles. The average Bonchev–Trinajstić information content (AvgIpc) is 2.30. The van der Waals surface area contributed by atoms with Crippen molar-refractivity contribution in [2.45, 2.75) is 71.1 Å². The molecule has 0 amide bonds. The molecule has 2 unspecified atom stereocenters. The van der Waals surface area contributed by atoms with Gasteiger partial charge in [-0.1, -0.05) is 27.2 Å². The fourth-order valence-electron chi connectivity index (χ4n) is 3.03. The Morgan fingerprint density at radius 3 is 2.55 bits per heavy atom. The molecule has 120 valence electrons. The average molecular weight is 294 g/mol. The Labute approximate surface area is 121 Å². The topological polar surface area (TPSA) is 15.3 Å². The minimum absolute atomic E-state index is 0.220. The highest BCUT2D eigenvalue weighted by Crippen LogP contribution is 2.23. The van der Waals surface area contributed by atoms with Crippen LogP contribution in [0.25, 0.3) is 0 Å². The van der Waals surface area contributed by atoms with Gasteiger partial charge in [-0.15, -0.1) is 0 Å². The van der Waals surface area contributed by atoms with Crippen molar-refractivity contribution in [3.05, 3.63) is 0 Å². The first kappa shape index (κ1) is 17.8. The van der Waals surface area contributed by atoms with Crippen LogP contribution in [0, 0.1) is 5.92 Å². The Hall–Kier alpha value is -0.290. The Balaban J connectivity index is 2.46. The molecular formula is C15H29F3N2. The van der Waals surface area contributed by atoms with Crippen LogP contribution in [-0.4, -0.2) is 42.8 Å². The molecular weight excluding hydrogens is 265 g/mol. The fraction of sp³-hybridized carbons (Fsp3) is 1.00. The largest absolute Gasteiger partial charge is 0.389 e. The molecule has 20 heavy (non-hydrogen) atoms. The van der Waals surface area contributed by atoms with Gasteiger partial charge in [-0.25, -0.2) is 0 Å². The van der Waals surface area contributed by atoms with Gasteiger partial charge >= 0.3 is 6.18 Å². The van der Waals surface area contributed by atoms with Crippen molar-refractivity contribution in [3.63, 3.8) is 0 Å². The highest BCUT2D eigenvalue weighted by atomic mass is 19.4. The summed E-state index contributed by atoms with van der Waals surface area (Å²) >= 11 is 0. The van der Waals surface area contributed by atoms with Crippen molar-refractivity contribution in [1.82, 2.24) is 10.2 Å². The maximum absolute atomic E-state index is 12.3. The van der Waals surface area contributed by atoms with Crippen LogP contribution in [0.5, 0.6) is 0 Å². The Bertz CT molecular complexity index is 266. The number of piperazine rings is 1. The molecule has 1 aliphatic rings. The van der Waals surface area contributed by atoms with Gasteiger partial charge in [-0.2, -0.15) is 13.2 Å².